The number of amides is 1. The molecule has 1 amide bonds. The molecule has 0 bridgehead atoms. The minimum absolute atomic E-state index is 0.00405. The van der Waals surface area contributed by atoms with E-state index in [4.69, 9.17) is 4.74 Å². The Bertz CT molecular complexity index is 1110. The van der Waals surface area contributed by atoms with Crippen LogP contribution in [0.25, 0.3) is 16.8 Å². The van der Waals surface area contributed by atoms with E-state index in [2.05, 4.69) is 18.8 Å². The topological polar surface area (TPSA) is 62.1 Å². The first-order valence-corrected chi connectivity index (χ1v) is 9.43. The summed E-state index contributed by atoms with van der Waals surface area (Å²) in [7, 11) is 0. The Morgan fingerprint density at radius 1 is 1.14 bits per heavy atom. The number of fused-ring (bicyclic) bond motifs is 1. The second kappa shape index (κ2) is 9.38. The monoisotopic (exact) mass is 382 g/mol. The molecule has 1 N–H and O–H groups in total. The first-order chi connectivity index (χ1) is 14.2. The number of anilines is 1. The molecule has 4 heteroatoms. The fourth-order valence-corrected chi connectivity index (χ4v) is 3.01. The standard InChI is InChI=1S/C25H22N2O2/c1-3-15-29-24-14-11-19-7-5-6-8-22(19)23(24)16-20(17-26)25(28)27-21-12-9-18(4-2)10-13-21/h3,5-14,16H,1,4,15H2,2H3,(H,27,28)/b20-16+. The first-order valence-electron chi connectivity index (χ1n) is 9.43. The molecular weight excluding hydrogens is 360 g/mol. The molecule has 0 saturated carbocycles. The number of hydrogen-bond acceptors (Lipinski definition) is 3. The fraction of sp³-hybridized carbons (Fsp3) is 0.120. The Hall–Kier alpha value is -3.84. The Morgan fingerprint density at radius 3 is 2.59 bits per heavy atom. The molecule has 0 heterocycles. The lowest BCUT2D eigenvalue weighted by Gasteiger charge is -2.11. The zero-order valence-corrected chi connectivity index (χ0v) is 16.3. The van der Waals surface area contributed by atoms with Crippen molar-refractivity contribution in [3.63, 3.8) is 0 Å². The van der Waals surface area contributed by atoms with Gasteiger partial charge in [-0.05, 0) is 47.0 Å². The largest absolute Gasteiger partial charge is 0.489 e. The quantitative estimate of drug-likeness (QED) is 0.333. The van der Waals surface area contributed by atoms with Crippen molar-refractivity contribution in [2.45, 2.75) is 13.3 Å². The van der Waals surface area contributed by atoms with Crippen molar-refractivity contribution in [1.82, 2.24) is 0 Å². The summed E-state index contributed by atoms with van der Waals surface area (Å²) in [6.07, 6.45) is 4.16. The van der Waals surface area contributed by atoms with Crippen LogP contribution >= 0.6 is 0 Å². The van der Waals surface area contributed by atoms with Gasteiger partial charge in [0, 0.05) is 11.3 Å². The molecule has 4 nitrogen and oxygen atoms in total. The summed E-state index contributed by atoms with van der Waals surface area (Å²) in [5.74, 6) is 0.135. The second-order valence-corrected chi connectivity index (χ2v) is 6.47. The Balaban J connectivity index is 1.98. The number of benzene rings is 3. The molecule has 0 fully saturated rings. The maximum atomic E-state index is 12.7. The molecule has 3 rings (SSSR count). The van der Waals surface area contributed by atoms with E-state index >= 15 is 0 Å². The molecule has 0 atom stereocenters. The van der Waals surface area contributed by atoms with Crippen LogP contribution in [0.2, 0.25) is 0 Å². The van der Waals surface area contributed by atoms with Gasteiger partial charge in [-0.2, -0.15) is 5.26 Å². The summed E-state index contributed by atoms with van der Waals surface area (Å²) < 4.78 is 5.76. The van der Waals surface area contributed by atoms with Crippen LogP contribution < -0.4 is 10.1 Å². The highest BCUT2D eigenvalue weighted by Crippen LogP contribution is 2.30. The highest BCUT2D eigenvalue weighted by Gasteiger charge is 2.13. The SMILES string of the molecule is C=CCOc1ccc2ccccc2c1/C=C(\C#N)C(=O)Nc1ccc(CC)cc1. The van der Waals surface area contributed by atoms with Gasteiger partial charge in [-0.15, -0.1) is 0 Å². The summed E-state index contributed by atoms with van der Waals surface area (Å²) in [5.41, 5.74) is 2.52. The lowest BCUT2D eigenvalue weighted by Crippen LogP contribution is -2.13. The number of nitrogens with one attached hydrogen (secondary N) is 1. The van der Waals surface area contributed by atoms with Crippen LogP contribution in [0.5, 0.6) is 5.75 Å². The van der Waals surface area contributed by atoms with Crippen LogP contribution in [-0.4, -0.2) is 12.5 Å². The Kier molecular flexibility index (Phi) is 6.44. The number of ether oxygens (including phenoxy) is 1. The predicted molar refractivity (Wildman–Crippen MR) is 118 cm³/mol. The number of carbonyl (C=O) groups is 1. The van der Waals surface area contributed by atoms with E-state index in [-0.39, 0.29) is 5.57 Å². The van der Waals surface area contributed by atoms with E-state index in [1.807, 2.05) is 66.7 Å². The van der Waals surface area contributed by atoms with Gasteiger partial charge in [0.05, 0.1) is 0 Å². The van der Waals surface area contributed by atoms with E-state index in [9.17, 15) is 10.1 Å². The van der Waals surface area contributed by atoms with Gasteiger partial charge in [-0.3, -0.25) is 4.79 Å². The van der Waals surface area contributed by atoms with Crippen LogP contribution in [0.15, 0.2) is 78.9 Å². The number of aryl methyl sites for hydroxylation is 1. The van der Waals surface area contributed by atoms with Gasteiger partial charge in [-0.1, -0.05) is 62.0 Å². The highest BCUT2D eigenvalue weighted by atomic mass is 16.5. The summed E-state index contributed by atoms with van der Waals surface area (Å²) in [4.78, 5) is 12.7. The molecule has 0 aliphatic rings. The lowest BCUT2D eigenvalue weighted by atomic mass is 10.0. The molecule has 3 aromatic carbocycles. The molecule has 0 spiro atoms. The molecule has 0 radical (unpaired) electrons. The molecule has 0 unspecified atom stereocenters. The molecule has 0 saturated heterocycles. The normalized spacial score (nSPS) is 11.0. The van der Waals surface area contributed by atoms with Gasteiger partial charge in [0.1, 0.15) is 24.0 Å². The number of hydrogen-bond donors (Lipinski definition) is 1. The van der Waals surface area contributed by atoms with Gasteiger partial charge in [-0.25, -0.2) is 0 Å². The Labute approximate surface area is 170 Å². The minimum Gasteiger partial charge on any atom is -0.489 e. The van der Waals surface area contributed by atoms with Crippen molar-refractivity contribution in [3.8, 4) is 11.8 Å². The zero-order valence-electron chi connectivity index (χ0n) is 16.3. The van der Waals surface area contributed by atoms with E-state index in [0.29, 0.717) is 23.6 Å². The summed E-state index contributed by atoms with van der Waals surface area (Å²) >= 11 is 0. The van der Waals surface area contributed by atoms with E-state index in [1.165, 1.54) is 5.56 Å². The third-order valence-corrected chi connectivity index (χ3v) is 4.56. The van der Waals surface area contributed by atoms with Crippen molar-refractivity contribution in [2.75, 3.05) is 11.9 Å². The minimum atomic E-state index is -0.459. The smallest absolute Gasteiger partial charge is 0.266 e. The van der Waals surface area contributed by atoms with Crippen LogP contribution in [0.3, 0.4) is 0 Å². The molecular formula is C25H22N2O2. The van der Waals surface area contributed by atoms with Crippen LogP contribution in [-0.2, 0) is 11.2 Å². The zero-order chi connectivity index (χ0) is 20.6. The number of nitriles is 1. The number of rotatable bonds is 7. The first kappa shape index (κ1) is 19.9. The van der Waals surface area contributed by atoms with Crippen molar-refractivity contribution in [1.29, 1.82) is 5.26 Å². The molecule has 0 aliphatic carbocycles. The lowest BCUT2D eigenvalue weighted by molar-refractivity contribution is -0.112. The van der Waals surface area contributed by atoms with Gasteiger partial charge in [0.2, 0.25) is 0 Å². The van der Waals surface area contributed by atoms with E-state index in [0.717, 1.165) is 17.2 Å². The third kappa shape index (κ3) is 4.72. The van der Waals surface area contributed by atoms with Crippen molar-refractivity contribution in [3.05, 3.63) is 90.0 Å². The van der Waals surface area contributed by atoms with Gasteiger partial charge in [0.15, 0.2) is 0 Å². The van der Waals surface area contributed by atoms with Gasteiger partial charge in [0.25, 0.3) is 5.91 Å². The van der Waals surface area contributed by atoms with Crippen molar-refractivity contribution in [2.24, 2.45) is 0 Å². The van der Waals surface area contributed by atoms with Crippen LogP contribution in [0.4, 0.5) is 5.69 Å². The maximum absolute atomic E-state index is 12.7. The number of carbonyl (C=O) groups excluding carboxylic acids is 1. The van der Waals surface area contributed by atoms with Crippen LogP contribution in [0, 0.1) is 11.3 Å². The summed E-state index contributed by atoms with van der Waals surface area (Å²) in [6, 6.07) is 21.2. The second-order valence-electron chi connectivity index (χ2n) is 6.47. The average Bonchev–Trinajstić information content (AvgIpc) is 2.76. The molecule has 3 aromatic rings. The van der Waals surface area contributed by atoms with Crippen molar-refractivity contribution < 1.29 is 9.53 Å². The van der Waals surface area contributed by atoms with E-state index < -0.39 is 5.91 Å². The molecule has 29 heavy (non-hydrogen) atoms. The fourth-order valence-electron chi connectivity index (χ4n) is 3.01. The number of nitrogens with zero attached hydrogens (tertiary/aromatic N) is 1. The maximum Gasteiger partial charge on any atom is 0.266 e. The average molecular weight is 382 g/mol. The van der Waals surface area contributed by atoms with Gasteiger partial charge >= 0.3 is 0 Å². The molecule has 0 aliphatic heterocycles. The summed E-state index contributed by atoms with van der Waals surface area (Å²) in [5, 5.41) is 14.3. The van der Waals surface area contributed by atoms with E-state index in [1.54, 1.807) is 12.2 Å². The van der Waals surface area contributed by atoms with Crippen molar-refractivity contribution >= 4 is 28.4 Å². The molecule has 0 aromatic heterocycles. The van der Waals surface area contributed by atoms with Crippen LogP contribution in [0.1, 0.15) is 18.1 Å². The van der Waals surface area contributed by atoms with Gasteiger partial charge < -0.3 is 10.1 Å². The molecule has 144 valence electrons. The predicted octanol–water partition coefficient (Wildman–Crippen LogP) is 5.51. The highest BCUT2D eigenvalue weighted by molar-refractivity contribution is 6.11. The summed E-state index contributed by atoms with van der Waals surface area (Å²) in [6.45, 7) is 6.08. The Morgan fingerprint density at radius 2 is 1.90 bits per heavy atom. The third-order valence-electron chi connectivity index (χ3n) is 4.56.